The van der Waals surface area contributed by atoms with Crippen molar-refractivity contribution >= 4 is 5.91 Å². The SMILES string of the molecule is C[C@H](O)c1nnc(CC2CC(NC(=O)c3cc(-c4ccccc4)on3)C2)o1. The highest BCUT2D eigenvalue weighted by molar-refractivity contribution is 5.93. The first-order chi connectivity index (χ1) is 13.1. The molecule has 1 aliphatic carbocycles. The molecule has 2 N–H and O–H groups in total. The van der Waals surface area contributed by atoms with E-state index in [2.05, 4.69) is 20.7 Å². The summed E-state index contributed by atoms with van der Waals surface area (Å²) in [5, 5.41) is 24.0. The van der Waals surface area contributed by atoms with E-state index in [9.17, 15) is 9.90 Å². The number of aromatic nitrogens is 3. The maximum atomic E-state index is 12.3. The topological polar surface area (TPSA) is 114 Å². The summed E-state index contributed by atoms with van der Waals surface area (Å²) in [7, 11) is 0. The van der Waals surface area contributed by atoms with E-state index in [0.29, 0.717) is 24.0 Å². The molecule has 3 aromatic rings. The van der Waals surface area contributed by atoms with Gasteiger partial charge in [0.1, 0.15) is 6.10 Å². The summed E-state index contributed by atoms with van der Waals surface area (Å²) in [6, 6.07) is 11.3. The first-order valence-electron chi connectivity index (χ1n) is 8.92. The number of aliphatic hydroxyl groups excluding tert-OH is 1. The van der Waals surface area contributed by atoms with Crippen LogP contribution in [-0.2, 0) is 6.42 Å². The Balaban J connectivity index is 1.27. The predicted octanol–water partition coefficient (Wildman–Crippen LogP) is 2.53. The summed E-state index contributed by atoms with van der Waals surface area (Å²) in [4.78, 5) is 12.3. The number of carbonyl (C=O) groups excluding carboxylic acids is 1. The lowest BCUT2D eigenvalue weighted by Crippen LogP contribution is -2.45. The van der Waals surface area contributed by atoms with Crippen LogP contribution < -0.4 is 5.32 Å². The van der Waals surface area contributed by atoms with Crippen molar-refractivity contribution in [1.29, 1.82) is 0 Å². The Morgan fingerprint density at radius 2 is 2.07 bits per heavy atom. The van der Waals surface area contributed by atoms with Gasteiger partial charge in [0.2, 0.25) is 11.8 Å². The second-order valence-electron chi connectivity index (χ2n) is 6.86. The molecule has 8 heteroatoms. The van der Waals surface area contributed by atoms with E-state index < -0.39 is 6.10 Å². The van der Waals surface area contributed by atoms with Crippen molar-refractivity contribution in [3.8, 4) is 11.3 Å². The lowest BCUT2D eigenvalue weighted by atomic mass is 9.78. The van der Waals surface area contributed by atoms with Crippen molar-refractivity contribution < 1.29 is 18.8 Å². The van der Waals surface area contributed by atoms with Crippen LogP contribution in [0.15, 0.2) is 45.3 Å². The Morgan fingerprint density at radius 3 is 2.78 bits per heavy atom. The van der Waals surface area contributed by atoms with Crippen LogP contribution in [-0.4, -0.2) is 32.4 Å². The molecule has 0 bridgehead atoms. The molecule has 1 aliphatic rings. The molecule has 0 radical (unpaired) electrons. The molecule has 0 aliphatic heterocycles. The number of hydrogen-bond donors (Lipinski definition) is 2. The van der Waals surface area contributed by atoms with E-state index in [-0.39, 0.29) is 23.5 Å². The van der Waals surface area contributed by atoms with E-state index >= 15 is 0 Å². The zero-order valence-electron chi connectivity index (χ0n) is 14.8. The van der Waals surface area contributed by atoms with Gasteiger partial charge in [0.15, 0.2) is 11.5 Å². The lowest BCUT2D eigenvalue weighted by Gasteiger charge is -2.34. The van der Waals surface area contributed by atoms with Crippen LogP contribution in [0.1, 0.15) is 48.1 Å². The molecule has 1 atom stereocenters. The highest BCUT2D eigenvalue weighted by Crippen LogP contribution is 2.31. The Labute approximate surface area is 155 Å². The third-order valence-corrected chi connectivity index (χ3v) is 4.68. The monoisotopic (exact) mass is 368 g/mol. The molecule has 4 rings (SSSR count). The van der Waals surface area contributed by atoms with Crippen LogP contribution in [0.3, 0.4) is 0 Å². The van der Waals surface area contributed by atoms with E-state index in [4.69, 9.17) is 8.94 Å². The summed E-state index contributed by atoms with van der Waals surface area (Å²) in [5.74, 6) is 1.45. The molecule has 1 amide bonds. The second kappa shape index (κ2) is 7.32. The average Bonchev–Trinajstić information content (AvgIpc) is 3.30. The number of amides is 1. The van der Waals surface area contributed by atoms with Gasteiger partial charge in [-0.1, -0.05) is 35.5 Å². The number of hydrogen-bond acceptors (Lipinski definition) is 7. The quantitative estimate of drug-likeness (QED) is 0.687. The number of nitrogens with one attached hydrogen (secondary N) is 1. The first-order valence-corrected chi connectivity index (χ1v) is 8.92. The normalized spacial score (nSPS) is 20.1. The average molecular weight is 368 g/mol. The minimum atomic E-state index is -0.761. The van der Waals surface area contributed by atoms with Crippen LogP contribution in [0.25, 0.3) is 11.3 Å². The third kappa shape index (κ3) is 3.90. The number of carbonyl (C=O) groups is 1. The molecule has 8 nitrogen and oxygen atoms in total. The van der Waals surface area contributed by atoms with Crippen LogP contribution in [0.4, 0.5) is 0 Å². The summed E-state index contributed by atoms with van der Waals surface area (Å²) in [5.41, 5.74) is 1.15. The first kappa shape index (κ1) is 17.4. The molecule has 2 heterocycles. The Hall–Kier alpha value is -3.00. The van der Waals surface area contributed by atoms with Gasteiger partial charge in [0.25, 0.3) is 5.91 Å². The third-order valence-electron chi connectivity index (χ3n) is 4.68. The van der Waals surface area contributed by atoms with E-state index in [0.717, 1.165) is 18.4 Å². The van der Waals surface area contributed by atoms with Crippen molar-refractivity contribution in [2.75, 3.05) is 0 Å². The van der Waals surface area contributed by atoms with Crippen molar-refractivity contribution in [3.05, 3.63) is 53.9 Å². The minimum Gasteiger partial charge on any atom is -0.422 e. The Bertz CT molecular complexity index is 913. The maximum Gasteiger partial charge on any atom is 0.273 e. The van der Waals surface area contributed by atoms with Crippen molar-refractivity contribution in [2.45, 2.75) is 38.3 Å². The molecule has 0 saturated heterocycles. The number of nitrogens with zero attached hydrogens (tertiary/aromatic N) is 3. The fourth-order valence-corrected chi connectivity index (χ4v) is 3.17. The van der Waals surface area contributed by atoms with Crippen LogP contribution in [0, 0.1) is 5.92 Å². The second-order valence-corrected chi connectivity index (χ2v) is 6.86. The van der Waals surface area contributed by atoms with Crippen molar-refractivity contribution in [2.24, 2.45) is 5.92 Å². The highest BCUT2D eigenvalue weighted by atomic mass is 16.5. The van der Waals surface area contributed by atoms with Crippen LogP contribution in [0.5, 0.6) is 0 Å². The van der Waals surface area contributed by atoms with Gasteiger partial charge in [-0.2, -0.15) is 0 Å². The van der Waals surface area contributed by atoms with Gasteiger partial charge in [0.05, 0.1) is 0 Å². The van der Waals surface area contributed by atoms with Crippen molar-refractivity contribution in [3.63, 3.8) is 0 Å². The zero-order valence-corrected chi connectivity index (χ0v) is 14.8. The minimum absolute atomic E-state index is 0.0959. The van der Waals surface area contributed by atoms with Crippen LogP contribution >= 0.6 is 0 Å². The lowest BCUT2D eigenvalue weighted by molar-refractivity contribution is 0.0877. The predicted molar refractivity (Wildman–Crippen MR) is 94.6 cm³/mol. The molecule has 0 spiro atoms. The van der Waals surface area contributed by atoms with Gasteiger partial charge in [0, 0.05) is 24.1 Å². The van der Waals surface area contributed by atoms with Gasteiger partial charge < -0.3 is 19.4 Å². The molecule has 1 saturated carbocycles. The summed E-state index contributed by atoms with van der Waals surface area (Å²) >= 11 is 0. The number of rotatable bonds is 6. The number of aliphatic hydroxyl groups is 1. The Kier molecular flexibility index (Phi) is 4.72. The molecule has 1 aromatic carbocycles. The molecule has 140 valence electrons. The van der Waals surface area contributed by atoms with Gasteiger partial charge in [-0.05, 0) is 25.7 Å². The standard InChI is InChI=1S/C19H20N4O4/c1-11(24)19-22-21-17(26-19)9-12-7-14(8-12)20-18(25)15-10-16(27-23-15)13-5-3-2-4-6-13/h2-6,10-12,14,24H,7-9H2,1H3,(H,20,25)/t11-,12?,14?/m0/s1. The Morgan fingerprint density at radius 1 is 1.30 bits per heavy atom. The largest absolute Gasteiger partial charge is 0.422 e. The van der Waals surface area contributed by atoms with Gasteiger partial charge in [-0.15, -0.1) is 10.2 Å². The van der Waals surface area contributed by atoms with E-state index in [1.165, 1.54) is 0 Å². The van der Waals surface area contributed by atoms with E-state index in [1.807, 2.05) is 30.3 Å². The van der Waals surface area contributed by atoms with Gasteiger partial charge >= 0.3 is 0 Å². The molecule has 27 heavy (non-hydrogen) atoms. The molecule has 2 aromatic heterocycles. The number of benzene rings is 1. The smallest absolute Gasteiger partial charge is 0.273 e. The molecule has 1 fully saturated rings. The summed E-state index contributed by atoms with van der Waals surface area (Å²) in [6.07, 6.45) is 1.56. The van der Waals surface area contributed by atoms with Crippen LogP contribution in [0.2, 0.25) is 0 Å². The zero-order chi connectivity index (χ0) is 18.8. The summed E-state index contributed by atoms with van der Waals surface area (Å²) < 4.78 is 10.7. The van der Waals surface area contributed by atoms with Gasteiger partial charge in [-0.25, -0.2) is 0 Å². The molecular weight excluding hydrogens is 348 g/mol. The summed E-state index contributed by atoms with van der Waals surface area (Å²) in [6.45, 7) is 1.58. The molecular formula is C19H20N4O4. The van der Waals surface area contributed by atoms with Crippen molar-refractivity contribution in [1.82, 2.24) is 20.7 Å². The van der Waals surface area contributed by atoms with Gasteiger partial charge in [-0.3, -0.25) is 4.79 Å². The highest BCUT2D eigenvalue weighted by Gasteiger charge is 2.32. The maximum absolute atomic E-state index is 12.3. The molecule has 0 unspecified atom stereocenters. The van der Waals surface area contributed by atoms with E-state index in [1.54, 1.807) is 13.0 Å². The fourth-order valence-electron chi connectivity index (χ4n) is 3.17. The fraction of sp³-hybridized carbons (Fsp3) is 0.368.